The molecule has 7 heteroatoms. The molecule has 0 unspecified atom stereocenters. The van der Waals surface area contributed by atoms with Gasteiger partial charge in [-0.3, -0.25) is 0 Å². The van der Waals surface area contributed by atoms with Crippen LogP contribution in [0.25, 0.3) is 16.0 Å². The molecule has 98 valence electrons. The second-order valence-corrected chi connectivity index (χ2v) is 3.77. The summed E-state index contributed by atoms with van der Waals surface area (Å²) in [7, 11) is 0. The zero-order chi connectivity index (χ0) is 14.3. The molecule has 0 aliphatic heterocycles. The van der Waals surface area contributed by atoms with Crippen LogP contribution in [0, 0.1) is 0 Å². The minimum Gasteiger partial charge on any atom is -0.462 e. The standard InChI is InChI=1S/C12H10ClN3O3/c1-2-19-12(18)9(7-17)11-8(6-15-16-14)4-3-5-10(11)13/h3-5H,2,6H2,1H3. The van der Waals surface area contributed by atoms with Gasteiger partial charge in [0.1, 0.15) is 5.94 Å². The van der Waals surface area contributed by atoms with Crippen LogP contribution in [0.4, 0.5) is 0 Å². The van der Waals surface area contributed by atoms with Crippen LogP contribution < -0.4 is 0 Å². The Bertz CT molecular complexity index is 588. The number of hydrogen-bond donors (Lipinski definition) is 0. The van der Waals surface area contributed by atoms with Crippen molar-refractivity contribution in [1.82, 2.24) is 0 Å². The number of esters is 1. The molecule has 0 fully saturated rings. The Morgan fingerprint density at radius 2 is 2.32 bits per heavy atom. The summed E-state index contributed by atoms with van der Waals surface area (Å²) in [6.07, 6.45) is 0. The maximum atomic E-state index is 11.7. The van der Waals surface area contributed by atoms with Crippen molar-refractivity contribution in [2.45, 2.75) is 13.5 Å². The molecule has 0 amide bonds. The van der Waals surface area contributed by atoms with Crippen molar-refractivity contribution in [3.05, 3.63) is 44.8 Å². The number of halogens is 1. The Balaban J connectivity index is 3.34. The molecule has 0 saturated heterocycles. The van der Waals surface area contributed by atoms with E-state index in [1.165, 1.54) is 12.0 Å². The zero-order valence-corrected chi connectivity index (χ0v) is 10.8. The van der Waals surface area contributed by atoms with Crippen molar-refractivity contribution < 1.29 is 14.3 Å². The molecule has 0 aliphatic rings. The molecule has 1 aromatic carbocycles. The van der Waals surface area contributed by atoms with Crippen LogP contribution in [0.3, 0.4) is 0 Å². The van der Waals surface area contributed by atoms with E-state index in [1.54, 1.807) is 19.1 Å². The van der Waals surface area contributed by atoms with E-state index in [9.17, 15) is 9.59 Å². The third-order valence-corrected chi connectivity index (χ3v) is 2.55. The van der Waals surface area contributed by atoms with Crippen LogP contribution in [0.2, 0.25) is 5.02 Å². The zero-order valence-electron chi connectivity index (χ0n) is 10.1. The van der Waals surface area contributed by atoms with E-state index in [0.717, 1.165) is 0 Å². The molecule has 0 heterocycles. The van der Waals surface area contributed by atoms with E-state index in [1.807, 2.05) is 0 Å². The molecule has 0 bridgehead atoms. The van der Waals surface area contributed by atoms with Gasteiger partial charge in [0, 0.05) is 15.5 Å². The highest BCUT2D eigenvalue weighted by Crippen LogP contribution is 2.27. The van der Waals surface area contributed by atoms with E-state index in [2.05, 4.69) is 10.0 Å². The summed E-state index contributed by atoms with van der Waals surface area (Å²) in [6.45, 7) is 1.71. The summed E-state index contributed by atoms with van der Waals surface area (Å²) >= 11 is 5.98. The van der Waals surface area contributed by atoms with Crippen LogP contribution in [-0.4, -0.2) is 18.5 Å². The number of carbonyl (C=O) groups is 1. The fourth-order valence-corrected chi connectivity index (χ4v) is 1.77. The highest BCUT2D eigenvalue weighted by Gasteiger charge is 2.20. The SMILES string of the molecule is CCOC(=O)C(=C=O)c1c(Cl)cccc1CN=[N+]=[N-]. The molecule has 0 aromatic heterocycles. The smallest absolute Gasteiger partial charge is 0.350 e. The van der Waals surface area contributed by atoms with Crippen LogP contribution in [0.5, 0.6) is 0 Å². The van der Waals surface area contributed by atoms with Gasteiger partial charge < -0.3 is 4.74 Å². The molecule has 0 N–H and O–H groups in total. The van der Waals surface area contributed by atoms with Gasteiger partial charge in [-0.15, -0.1) is 0 Å². The average molecular weight is 280 g/mol. The Morgan fingerprint density at radius 3 is 2.89 bits per heavy atom. The molecule has 6 nitrogen and oxygen atoms in total. The van der Waals surface area contributed by atoms with E-state index in [4.69, 9.17) is 21.9 Å². The first-order valence-electron chi connectivity index (χ1n) is 5.36. The maximum Gasteiger partial charge on any atom is 0.350 e. The van der Waals surface area contributed by atoms with Crippen molar-refractivity contribution in [3.63, 3.8) is 0 Å². The van der Waals surface area contributed by atoms with Gasteiger partial charge in [0.25, 0.3) is 0 Å². The summed E-state index contributed by atoms with van der Waals surface area (Å²) < 4.78 is 4.76. The molecule has 0 aliphatic carbocycles. The molecule has 0 atom stereocenters. The first-order valence-corrected chi connectivity index (χ1v) is 5.74. The van der Waals surface area contributed by atoms with Crippen molar-refractivity contribution in [2.75, 3.05) is 6.61 Å². The molecule has 0 saturated carbocycles. The van der Waals surface area contributed by atoms with Gasteiger partial charge in [0.05, 0.1) is 13.2 Å². The van der Waals surface area contributed by atoms with Gasteiger partial charge >= 0.3 is 5.97 Å². The highest BCUT2D eigenvalue weighted by molar-refractivity contribution is 6.36. The number of benzene rings is 1. The van der Waals surface area contributed by atoms with Crippen molar-refractivity contribution in [2.24, 2.45) is 5.11 Å². The molecular weight excluding hydrogens is 270 g/mol. The van der Waals surface area contributed by atoms with Gasteiger partial charge in [-0.1, -0.05) is 28.8 Å². The Hall–Kier alpha value is -2.26. The topological polar surface area (TPSA) is 92.1 Å². The lowest BCUT2D eigenvalue weighted by atomic mass is 10.0. The minimum atomic E-state index is -0.812. The summed E-state index contributed by atoms with van der Waals surface area (Å²) in [6, 6.07) is 4.75. The van der Waals surface area contributed by atoms with E-state index in [-0.39, 0.29) is 29.3 Å². The lowest BCUT2D eigenvalue weighted by molar-refractivity contribution is -0.135. The molecule has 0 radical (unpaired) electrons. The summed E-state index contributed by atoms with van der Waals surface area (Å²) in [5.74, 6) is 0.721. The average Bonchev–Trinajstić information content (AvgIpc) is 2.40. The third kappa shape index (κ3) is 3.60. The molecule has 1 rings (SSSR count). The van der Waals surface area contributed by atoms with Crippen LogP contribution in [0.15, 0.2) is 23.3 Å². The number of ether oxygens (including phenoxy) is 1. The summed E-state index contributed by atoms with van der Waals surface area (Å²) in [5, 5.41) is 3.58. The second kappa shape index (κ2) is 7.24. The fraction of sp³-hybridized carbons (Fsp3) is 0.250. The predicted octanol–water partition coefficient (Wildman–Crippen LogP) is 2.93. The number of azide groups is 1. The fourth-order valence-electron chi connectivity index (χ4n) is 1.49. The second-order valence-electron chi connectivity index (χ2n) is 3.36. The van der Waals surface area contributed by atoms with Crippen LogP contribution in [-0.2, 0) is 20.9 Å². The Labute approximate surface area is 114 Å². The predicted molar refractivity (Wildman–Crippen MR) is 70.0 cm³/mol. The number of rotatable bonds is 5. The van der Waals surface area contributed by atoms with Crippen molar-refractivity contribution >= 4 is 29.1 Å². The van der Waals surface area contributed by atoms with Gasteiger partial charge in [0.2, 0.25) is 0 Å². The number of hydrogen-bond acceptors (Lipinski definition) is 4. The monoisotopic (exact) mass is 279 g/mol. The quantitative estimate of drug-likeness (QED) is 0.207. The highest BCUT2D eigenvalue weighted by atomic mass is 35.5. The lowest BCUT2D eigenvalue weighted by Gasteiger charge is -2.10. The van der Waals surface area contributed by atoms with E-state index >= 15 is 0 Å². The van der Waals surface area contributed by atoms with E-state index < -0.39 is 5.97 Å². The molecule has 19 heavy (non-hydrogen) atoms. The lowest BCUT2D eigenvalue weighted by Crippen LogP contribution is -2.09. The number of carbonyl (C=O) groups excluding carboxylic acids is 2. The first-order chi connectivity index (χ1) is 9.15. The van der Waals surface area contributed by atoms with Gasteiger partial charge in [-0.25, -0.2) is 9.59 Å². The van der Waals surface area contributed by atoms with E-state index in [0.29, 0.717) is 5.56 Å². The number of nitrogens with zero attached hydrogens (tertiary/aromatic N) is 3. The van der Waals surface area contributed by atoms with Crippen molar-refractivity contribution in [3.8, 4) is 0 Å². The first kappa shape index (κ1) is 14.8. The molecule has 1 aromatic rings. The van der Waals surface area contributed by atoms with Crippen LogP contribution >= 0.6 is 11.6 Å². The van der Waals surface area contributed by atoms with Gasteiger partial charge in [-0.05, 0) is 24.1 Å². The molecule has 0 spiro atoms. The van der Waals surface area contributed by atoms with Crippen molar-refractivity contribution in [1.29, 1.82) is 0 Å². The Morgan fingerprint density at radius 1 is 1.58 bits per heavy atom. The maximum absolute atomic E-state index is 11.7. The normalized spacial score (nSPS) is 9.16. The largest absolute Gasteiger partial charge is 0.462 e. The minimum absolute atomic E-state index is 0.0308. The summed E-state index contributed by atoms with van der Waals surface area (Å²) in [5.41, 5.74) is 8.66. The van der Waals surface area contributed by atoms with Crippen LogP contribution in [0.1, 0.15) is 18.1 Å². The van der Waals surface area contributed by atoms with Gasteiger partial charge in [-0.2, -0.15) is 0 Å². The van der Waals surface area contributed by atoms with Gasteiger partial charge in [0.15, 0.2) is 5.57 Å². The Kier molecular flexibility index (Phi) is 5.64. The molecular formula is C12H10ClN3O3. The third-order valence-electron chi connectivity index (χ3n) is 2.24. The summed E-state index contributed by atoms with van der Waals surface area (Å²) in [4.78, 5) is 25.3.